The first kappa shape index (κ1) is 12.1. The quantitative estimate of drug-likeness (QED) is 0.808. The Morgan fingerprint density at radius 3 is 3.00 bits per heavy atom. The molecule has 0 bridgehead atoms. The van der Waals surface area contributed by atoms with E-state index in [2.05, 4.69) is 31.5 Å². The molecule has 1 heterocycles. The van der Waals surface area contributed by atoms with E-state index < -0.39 is 0 Å². The Morgan fingerprint density at radius 2 is 2.28 bits per heavy atom. The van der Waals surface area contributed by atoms with Crippen molar-refractivity contribution in [3.63, 3.8) is 0 Å². The van der Waals surface area contributed by atoms with Crippen LogP contribution in [0.3, 0.4) is 0 Å². The van der Waals surface area contributed by atoms with Crippen LogP contribution >= 0.6 is 27.7 Å². The van der Waals surface area contributed by atoms with Gasteiger partial charge in [0, 0.05) is 10.2 Å². The van der Waals surface area contributed by atoms with Gasteiger partial charge in [-0.05, 0) is 41.0 Å². The van der Waals surface area contributed by atoms with Gasteiger partial charge < -0.3 is 0 Å². The van der Waals surface area contributed by atoms with Crippen molar-refractivity contribution in [1.82, 2.24) is 20.2 Å². The fourth-order valence-electron chi connectivity index (χ4n) is 1.61. The molecule has 1 aliphatic rings. The monoisotopic (exact) mass is 328 g/mol. The molecule has 1 aliphatic carbocycles. The normalized spacial score (nSPS) is 15.0. The Balaban J connectivity index is 1.71. The molecule has 0 N–H and O–H groups in total. The molecule has 0 amide bonds. The number of hydrogen-bond acceptors (Lipinski definition) is 4. The van der Waals surface area contributed by atoms with Crippen LogP contribution in [0.4, 0.5) is 4.39 Å². The van der Waals surface area contributed by atoms with E-state index in [-0.39, 0.29) is 5.82 Å². The van der Waals surface area contributed by atoms with E-state index in [0.717, 1.165) is 22.5 Å². The summed E-state index contributed by atoms with van der Waals surface area (Å²) in [6, 6.07) is 5.53. The number of thioether (sulfide) groups is 1. The first-order valence-corrected chi connectivity index (χ1v) is 7.36. The number of aromatic nitrogens is 4. The highest BCUT2D eigenvalue weighted by atomic mass is 79.9. The van der Waals surface area contributed by atoms with Crippen molar-refractivity contribution in [3.8, 4) is 0 Å². The summed E-state index contributed by atoms with van der Waals surface area (Å²) in [7, 11) is 0. The maximum atomic E-state index is 13.6. The number of rotatable bonds is 4. The summed E-state index contributed by atoms with van der Waals surface area (Å²) < 4.78 is 16.2. The van der Waals surface area contributed by atoms with E-state index >= 15 is 0 Å². The van der Waals surface area contributed by atoms with Crippen LogP contribution in [0.5, 0.6) is 0 Å². The first-order chi connectivity index (χ1) is 8.74. The number of hydrogen-bond donors (Lipinski definition) is 0. The first-order valence-electron chi connectivity index (χ1n) is 5.58. The van der Waals surface area contributed by atoms with Crippen LogP contribution in [-0.2, 0) is 5.75 Å². The van der Waals surface area contributed by atoms with Crippen LogP contribution in [0, 0.1) is 5.82 Å². The van der Waals surface area contributed by atoms with Gasteiger partial charge in [0.15, 0.2) is 0 Å². The molecule has 1 aromatic heterocycles. The Morgan fingerprint density at radius 1 is 1.44 bits per heavy atom. The predicted molar refractivity (Wildman–Crippen MR) is 69.7 cm³/mol. The van der Waals surface area contributed by atoms with E-state index in [9.17, 15) is 4.39 Å². The minimum absolute atomic E-state index is 0.206. The highest BCUT2D eigenvalue weighted by molar-refractivity contribution is 9.10. The molecule has 0 unspecified atom stereocenters. The molecule has 7 heteroatoms. The summed E-state index contributed by atoms with van der Waals surface area (Å²) in [5.41, 5.74) is 0.661. The third-order valence-corrected chi connectivity index (χ3v) is 4.20. The zero-order valence-electron chi connectivity index (χ0n) is 9.38. The van der Waals surface area contributed by atoms with E-state index in [1.165, 1.54) is 17.8 Å². The third kappa shape index (κ3) is 2.56. The summed E-state index contributed by atoms with van der Waals surface area (Å²) in [4.78, 5) is 0. The van der Waals surface area contributed by atoms with Crippen molar-refractivity contribution in [1.29, 1.82) is 0 Å². The molecule has 1 aromatic carbocycles. The molecule has 4 nitrogen and oxygen atoms in total. The fourth-order valence-corrected chi connectivity index (χ4v) is 2.87. The SMILES string of the molecule is Fc1cc(Br)ccc1CSc1nnnn1C1CC1. The van der Waals surface area contributed by atoms with Gasteiger partial charge in [-0.2, -0.15) is 0 Å². The summed E-state index contributed by atoms with van der Waals surface area (Å²) in [6.07, 6.45) is 2.26. The van der Waals surface area contributed by atoms with Gasteiger partial charge in [-0.15, -0.1) is 5.10 Å². The highest BCUT2D eigenvalue weighted by Gasteiger charge is 2.27. The minimum atomic E-state index is -0.206. The molecule has 18 heavy (non-hydrogen) atoms. The van der Waals surface area contributed by atoms with Gasteiger partial charge in [-0.1, -0.05) is 33.8 Å². The Labute approximate surface area is 116 Å². The molecule has 0 saturated heterocycles. The van der Waals surface area contributed by atoms with Crippen molar-refractivity contribution in [2.24, 2.45) is 0 Å². The van der Waals surface area contributed by atoms with E-state index in [1.807, 2.05) is 10.7 Å². The second-order valence-electron chi connectivity index (χ2n) is 4.16. The fraction of sp³-hybridized carbons (Fsp3) is 0.364. The maximum absolute atomic E-state index is 13.6. The molecule has 1 saturated carbocycles. The Kier molecular flexibility index (Phi) is 3.34. The molecule has 0 atom stereocenters. The van der Waals surface area contributed by atoms with Gasteiger partial charge in [-0.25, -0.2) is 9.07 Å². The van der Waals surface area contributed by atoms with Gasteiger partial charge >= 0.3 is 0 Å². The van der Waals surface area contributed by atoms with Crippen molar-refractivity contribution >= 4 is 27.7 Å². The number of nitrogens with zero attached hydrogens (tertiary/aromatic N) is 4. The minimum Gasteiger partial charge on any atom is -0.217 e. The Bertz CT molecular complexity index is 570. The van der Waals surface area contributed by atoms with Crippen LogP contribution < -0.4 is 0 Å². The van der Waals surface area contributed by atoms with Crippen LogP contribution in [0.2, 0.25) is 0 Å². The van der Waals surface area contributed by atoms with E-state index in [4.69, 9.17) is 0 Å². The standard InChI is InChI=1S/C11H10BrFN4S/c12-8-2-1-7(10(13)5-8)6-18-11-14-15-16-17(11)9-3-4-9/h1-2,5,9H,3-4,6H2. The lowest BCUT2D eigenvalue weighted by Crippen LogP contribution is -1.99. The van der Waals surface area contributed by atoms with Gasteiger partial charge in [0.2, 0.25) is 5.16 Å². The second kappa shape index (κ2) is 4.97. The molecular weight excluding hydrogens is 319 g/mol. The molecule has 2 aromatic rings. The lowest BCUT2D eigenvalue weighted by atomic mass is 10.2. The smallest absolute Gasteiger partial charge is 0.209 e. The van der Waals surface area contributed by atoms with Crippen LogP contribution in [-0.4, -0.2) is 20.2 Å². The van der Waals surface area contributed by atoms with Crippen LogP contribution in [0.1, 0.15) is 24.4 Å². The van der Waals surface area contributed by atoms with Crippen molar-refractivity contribution in [2.75, 3.05) is 0 Å². The van der Waals surface area contributed by atoms with Gasteiger partial charge in [0.05, 0.1) is 6.04 Å². The molecular formula is C11H10BrFN4S. The number of halogens is 2. The lowest BCUT2D eigenvalue weighted by Gasteiger charge is -2.04. The number of tetrazole rings is 1. The van der Waals surface area contributed by atoms with Crippen LogP contribution in [0.25, 0.3) is 0 Å². The summed E-state index contributed by atoms with van der Waals surface area (Å²) in [6.45, 7) is 0. The van der Waals surface area contributed by atoms with E-state index in [1.54, 1.807) is 6.07 Å². The van der Waals surface area contributed by atoms with Gasteiger partial charge in [0.1, 0.15) is 5.82 Å². The Hall–Kier alpha value is -0.950. The molecule has 0 aliphatic heterocycles. The molecule has 0 spiro atoms. The van der Waals surface area contributed by atoms with Gasteiger partial charge in [-0.3, -0.25) is 0 Å². The maximum Gasteiger partial charge on any atom is 0.209 e. The number of benzene rings is 1. The lowest BCUT2D eigenvalue weighted by molar-refractivity contribution is 0.565. The van der Waals surface area contributed by atoms with Crippen molar-refractivity contribution in [3.05, 3.63) is 34.1 Å². The molecule has 3 rings (SSSR count). The zero-order chi connectivity index (χ0) is 12.5. The average Bonchev–Trinajstić information content (AvgIpc) is 3.08. The van der Waals surface area contributed by atoms with E-state index in [0.29, 0.717) is 17.4 Å². The zero-order valence-corrected chi connectivity index (χ0v) is 11.8. The van der Waals surface area contributed by atoms with Crippen LogP contribution in [0.15, 0.2) is 27.8 Å². The largest absolute Gasteiger partial charge is 0.217 e. The third-order valence-electron chi connectivity index (χ3n) is 2.73. The molecule has 94 valence electrons. The molecule has 0 radical (unpaired) electrons. The average molecular weight is 329 g/mol. The summed E-state index contributed by atoms with van der Waals surface area (Å²) in [5, 5.41) is 12.4. The summed E-state index contributed by atoms with van der Waals surface area (Å²) in [5.74, 6) is 0.328. The second-order valence-corrected chi connectivity index (χ2v) is 6.02. The summed E-state index contributed by atoms with van der Waals surface area (Å²) >= 11 is 4.71. The van der Waals surface area contributed by atoms with Crippen molar-refractivity contribution in [2.45, 2.75) is 29.8 Å². The predicted octanol–water partition coefficient (Wildman–Crippen LogP) is 3.20. The molecule has 1 fully saturated rings. The highest BCUT2D eigenvalue weighted by Crippen LogP contribution is 2.37. The van der Waals surface area contributed by atoms with Crippen molar-refractivity contribution < 1.29 is 4.39 Å². The topological polar surface area (TPSA) is 43.6 Å². The van der Waals surface area contributed by atoms with Gasteiger partial charge in [0.25, 0.3) is 0 Å².